The molecule has 1 heterocycles. The zero-order chi connectivity index (χ0) is 16.8. The lowest BCUT2D eigenvalue weighted by Crippen LogP contribution is -2.44. The highest BCUT2D eigenvalue weighted by molar-refractivity contribution is 6.37. The third kappa shape index (κ3) is 4.60. The van der Waals surface area contributed by atoms with Crippen LogP contribution >= 0.6 is 12.4 Å². The first kappa shape index (κ1) is 19.7. The number of nitrogens with one attached hydrogen (secondary N) is 1. The molecule has 0 aliphatic carbocycles. The molecule has 0 atom stereocenters. The van der Waals surface area contributed by atoms with Crippen molar-refractivity contribution in [2.24, 2.45) is 0 Å². The fourth-order valence-electron chi connectivity index (χ4n) is 2.44. The van der Waals surface area contributed by atoms with E-state index in [1.165, 1.54) is 0 Å². The maximum absolute atomic E-state index is 11.8. The van der Waals surface area contributed by atoms with Crippen LogP contribution in [0.2, 0.25) is 0 Å². The van der Waals surface area contributed by atoms with Crippen LogP contribution in [0.1, 0.15) is 12.5 Å². The van der Waals surface area contributed by atoms with Gasteiger partial charge in [0.05, 0.1) is 23.5 Å². The second-order valence-corrected chi connectivity index (χ2v) is 5.28. The van der Waals surface area contributed by atoms with E-state index in [0.717, 1.165) is 31.9 Å². The van der Waals surface area contributed by atoms with Crippen LogP contribution in [-0.4, -0.2) is 56.6 Å². The maximum Gasteiger partial charge on any atom is 0.397 e. The number of anilines is 2. The van der Waals surface area contributed by atoms with Gasteiger partial charge in [-0.1, -0.05) is 6.07 Å². The number of nitriles is 1. The number of hydrogen-bond donors (Lipinski definition) is 1. The van der Waals surface area contributed by atoms with Gasteiger partial charge in [-0.15, -0.1) is 12.4 Å². The van der Waals surface area contributed by atoms with E-state index >= 15 is 0 Å². The van der Waals surface area contributed by atoms with Gasteiger partial charge in [0.25, 0.3) is 0 Å². The first-order valence-electron chi connectivity index (χ1n) is 7.51. The quantitative estimate of drug-likeness (QED) is 0.650. The molecule has 0 spiro atoms. The molecular weight excluding hydrogens is 332 g/mol. The smallest absolute Gasteiger partial charge is 0.397 e. The summed E-state index contributed by atoms with van der Waals surface area (Å²) in [6, 6.07) is 7.34. The van der Waals surface area contributed by atoms with Crippen LogP contribution in [0.3, 0.4) is 0 Å². The molecule has 1 aliphatic heterocycles. The first-order valence-corrected chi connectivity index (χ1v) is 7.51. The Balaban J connectivity index is 0.00000288. The summed E-state index contributed by atoms with van der Waals surface area (Å²) in [6.07, 6.45) is 0. The van der Waals surface area contributed by atoms with Gasteiger partial charge < -0.3 is 19.9 Å². The molecule has 0 aromatic heterocycles. The number of benzene rings is 1. The minimum absolute atomic E-state index is 0. The van der Waals surface area contributed by atoms with Crippen molar-refractivity contribution in [1.29, 1.82) is 5.26 Å². The van der Waals surface area contributed by atoms with Crippen molar-refractivity contribution in [2.75, 3.05) is 50.1 Å². The van der Waals surface area contributed by atoms with E-state index in [-0.39, 0.29) is 19.0 Å². The number of ether oxygens (including phenoxy) is 1. The number of piperazine rings is 1. The zero-order valence-electron chi connectivity index (χ0n) is 13.7. The Hall–Kier alpha value is -2.30. The molecule has 1 aliphatic rings. The molecule has 1 saturated heterocycles. The molecule has 7 nitrogen and oxygen atoms in total. The molecule has 1 amide bonds. The molecule has 2 rings (SSSR count). The summed E-state index contributed by atoms with van der Waals surface area (Å²) >= 11 is 0. The highest BCUT2D eigenvalue weighted by Crippen LogP contribution is 2.27. The second-order valence-electron chi connectivity index (χ2n) is 5.28. The SMILES string of the molecule is CCOC(=O)C(=O)Nc1cccc(N2CCN(C)CC2)c1C#N.Cl. The van der Waals surface area contributed by atoms with Gasteiger partial charge in [-0.05, 0) is 26.1 Å². The Kier molecular flexibility index (Phi) is 7.49. The van der Waals surface area contributed by atoms with Crippen molar-refractivity contribution in [2.45, 2.75) is 6.92 Å². The van der Waals surface area contributed by atoms with Gasteiger partial charge in [0.15, 0.2) is 0 Å². The summed E-state index contributed by atoms with van der Waals surface area (Å²) in [5, 5.41) is 11.9. The summed E-state index contributed by atoms with van der Waals surface area (Å²) in [5.74, 6) is -1.83. The number of likely N-dealkylation sites (N-methyl/N-ethyl adjacent to an activating group) is 1. The summed E-state index contributed by atoms with van der Waals surface area (Å²) < 4.78 is 4.66. The van der Waals surface area contributed by atoms with E-state index in [0.29, 0.717) is 11.3 Å². The Bertz CT molecular complexity index is 637. The molecular formula is C16H21ClN4O3. The van der Waals surface area contributed by atoms with Gasteiger partial charge in [0.1, 0.15) is 6.07 Å². The van der Waals surface area contributed by atoms with E-state index < -0.39 is 11.9 Å². The lowest BCUT2D eigenvalue weighted by atomic mass is 10.1. The predicted molar refractivity (Wildman–Crippen MR) is 93.4 cm³/mol. The standard InChI is InChI=1S/C16H20N4O3.ClH/c1-3-23-16(22)15(21)18-13-5-4-6-14(12(13)11-17)20-9-7-19(2)8-10-20;/h4-6H,3,7-10H2,1-2H3,(H,18,21);1H. The van der Waals surface area contributed by atoms with E-state index in [2.05, 4.69) is 33.0 Å². The van der Waals surface area contributed by atoms with Crippen LogP contribution in [0.5, 0.6) is 0 Å². The minimum Gasteiger partial charge on any atom is -0.459 e. The molecule has 8 heteroatoms. The van der Waals surface area contributed by atoms with Gasteiger partial charge in [-0.25, -0.2) is 4.79 Å². The molecule has 24 heavy (non-hydrogen) atoms. The van der Waals surface area contributed by atoms with Crippen molar-refractivity contribution in [3.8, 4) is 6.07 Å². The Morgan fingerprint density at radius 2 is 1.96 bits per heavy atom. The first-order chi connectivity index (χ1) is 11.1. The fraction of sp³-hybridized carbons (Fsp3) is 0.438. The van der Waals surface area contributed by atoms with Gasteiger partial charge in [0, 0.05) is 26.2 Å². The Morgan fingerprint density at radius 1 is 1.29 bits per heavy atom. The van der Waals surface area contributed by atoms with Crippen molar-refractivity contribution >= 4 is 35.7 Å². The van der Waals surface area contributed by atoms with Crippen LogP contribution in [-0.2, 0) is 14.3 Å². The summed E-state index contributed by atoms with van der Waals surface area (Å²) in [5.41, 5.74) is 1.44. The number of amides is 1. The van der Waals surface area contributed by atoms with Crippen molar-refractivity contribution in [3.63, 3.8) is 0 Å². The van der Waals surface area contributed by atoms with Crippen LogP contribution in [0.15, 0.2) is 18.2 Å². The molecule has 1 aromatic rings. The monoisotopic (exact) mass is 352 g/mol. The number of rotatable bonds is 3. The molecule has 130 valence electrons. The molecule has 0 bridgehead atoms. The number of carbonyl (C=O) groups is 2. The van der Waals surface area contributed by atoms with Crippen LogP contribution in [0.4, 0.5) is 11.4 Å². The topological polar surface area (TPSA) is 85.7 Å². The molecule has 0 saturated carbocycles. The van der Waals surface area contributed by atoms with E-state index in [9.17, 15) is 14.9 Å². The van der Waals surface area contributed by atoms with Gasteiger partial charge >= 0.3 is 11.9 Å². The Morgan fingerprint density at radius 3 is 2.54 bits per heavy atom. The number of esters is 1. The van der Waals surface area contributed by atoms with Crippen LogP contribution in [0.25, 0.3) is 0 Å². The number of nitrogens with zero attached hydrogens (tertiary/aromatic N) is 3. The van der Waals surface area contributed by atoms with Gasteiger partial charge in [-0.2, -0.15) is 5.26 Å². The summed E-state index contributed by atoms with van der Waals surface area (Å²) in [4.78, 5) is 27.5. The number of halogens is 1. The highest BCUT2D eigenvalue weighted by atomic mass is 35.5. The normalized spacial score (nSPS) is 14.3. The van der Waals surface area contributed by atoms with Crippen molar-refractivity contribution in [1.82, 2.24) is 4.90 Å². The van der Waals surface area contributed by atoms with Crippen molar-refractivity contribution < 1.29 is 14.3 Å². The van der Waals surface area contributed by atoms with Crippen LogP contribution < -0.4 is 10.2 Å². The van der Waals surface area contributed by atoms with Gasteiger partial charge in [-0.3, -0.25) is 4.79 Å². The molecule has 1 fully saturated rings. The zero-order valence-corrected chi connectivity index (χ0v) is 14.6. The third-order valence-electron chi connectivity index (χ3n) is 3.71. The van der Waals surface area contributed by atoms with Crippen molar-refractivity contribution in [3.05, 3.63) is 23.8 Å². The average molecular weight is 353 g/mol. The molecule has 1 N–H and O–H groups in total. The Labute approximate surface area is 147 Å². The van der Waals surface area contributed by atoms with E-state index in [1.807, 2.05) is 6.07 Å². The van der Waals surface area contributed by atoms with Gasteiger partial charge in [0.2, 0.25) is 0 Å². The lowest BCUT2D eigenvalue weighted by Gasteiger charge is -2.34. The number of hydrogen-bond acceptors (Lipinski definition) is 6. The molecule has 0 radical (unpaired) electrons. The predicted octanol–water partition coefficient (Wildman–Crippen LogP) is 1.23. The largest absolute Gasteiger partial charge is 0.459 e. The highest BCUT2D eigenvalue weighted by Gasteiger charge is 2.21. The maximum atomic E-state index is 11.8. The third-order valence-corrected chi connectivity index (χ3v) is 3.71. The lowest BCUT2D eigenvalue weighted by molar-refractivity contribution is -0.152. The molecule has 1 aromatic carbocycles. The summed E-state index contributed by atoms with van der Waals surface area (Å²) in [6.45, 7) is 5.17. The van der Waals surface area contributed by atoms with E-state index in [1.54, 1.807) is 19.1 Å². The van der Waals surface area contributed by atoms with E-state index in [4.69, 9.17) is 0 Å². The summed E-state index contributed by atoms with van der Waals surface area (Å²) in [7, 11) is 2.05. The number of carbonyl (C=O) groups excluding carboxylic acids is 2. The molecule has 0 unspecified atom stereocenters. The fourth-order valence-corrected chi connectivity index (χ4v) is 2.44. The van der Waals surface area contributed by atoms with Crippen LogP contribution in [0, 0.1) is 11.3 Å². The average Bonchev–Trinajstić information content (AvgIpc) is 2.55. The minimum atomic E-state index is -0.957. The second kappa shape index (κ2) is 9.11.